The van der Waals surface area contributed by atoms with Crippen molar-refractivity contribution in [2.24, 2.45) is 0 Å². The quantitative estimate of drug-likeness (QED) is 0.706. The van der Waals surface area contributed by atoms with Gasteiger partial charge in [-0.15, -0.1) is 11.3 Å². The topological polar surface area (TPSA) is 64.1 Å². The molecule has 6 heteroatoms. The Labute approximate surface area is 150 Å². The van der Waals surface area contributed by atoms with Crippen LogP contribution < -0.4 is 10.1 Å². The third kappa shape index (κ3) is 4.87. The van der Waals surface area contributed by atoms with Gasteiger partial charge in [0.2, 0.25) is 5.91 Å². The molecule has 5 nitrogen and oxygen atoms in total. The maximum absolute atomic E-state index is 12.0. The number of ether oxygens (including phenoxy) is 1. The van der Waals surface area contributed by atoms with Gasteiger partial charge in [-0.2, -0.15) is 0 Å². The van der Waals surface area contributed by atoms with E-state index < -0.39 is 0 Å². The van der Waals surface area contributed by atoms with Crippen molar-refractivity contribution in [2.75, 3.05) is 7.11 Å². The molecule has 0 bridgehead atoms. The average Bonchev–Trinajstić information content (AvgIpc) is 3.15. The lowest BCUT2D eigenvalue weighted by Crippen LogP contribution is -2.23. The normalized spacial score (nSPS) is 10.4. The monoisotopic (exact) mass is 353 g/mol. The minimum atomic E-state index is 0.00147. The molecule has 3 rings (SSSR count). The summed E-state index contributed by atoms with van der Waals surface area (Å²) in [4.78, 5) is 20.8. The molecule has 0 saturated heterocycles. The summed E-state index contributed by atoms with van der Waals surface area (Å²) >= 11 is 1.58. The fourth-order valence-electron chi connectivity index (χ4n) is 2.33. The molecule has 0 radical (unpaired) electrons. The van der Waals surface area contributed by atoms with E-state index in [-0.39, 0.29) is 5.91 Å². The van der Waals surface area contributed by atoms with Gasteiger partial charge in [-0.1, -0.05) is 18.2 Å². The number of pyridine rings is 1. The highest BCUT2D eigenvalue weighted by Gasteiger charge is 2.08. The zero-order valence-corrected chi connectivity index (χ0v) is 14.8. The van der Waals surface area contributed by atoms with Gasteiger partial charge < -0.3 is 10.1 Å². The lowest BCUT2D eigenvalue weighted by molar-refractivity contribution is -0.121. The Morgan fingerprint density at radius 3 is 2.92 bits per heavy atom. The van der Waals surface area contributed by atoms with Crippen LogP contribution in [0.4, 0.5) is 0 Å². The number of carbonyl (C=O) groups excluding carboxylic acids is 1. The van der Waals surface area contributed by atoms with E-state index in [9.17, 15) is 4.79 Å². The summed E-state index contributed by atoms with van der Waals surface area (Å²) in [5.74, 6) is 0.810. The third-order valence-electron chi connectivity index (χ3n) is 3.67. The highest BCUT2D eigenvalue weighted by atomic mass is 32.1. The molecular weight excluding hydrogens is 334 g/mol. The van der Waals surface area contributed by atoms with Gasteiger partial charge in [0.25, 0.3) is 0 Å². The number of hydrogen-bond acceptors (Lipinski definition) is 5. The molecule has 25 heavy (non-hydrogen) atoms. The summed E-state index contributed by atoms with van der Waals surface area (Å²) in [7, 11) is 1.65. The number of nitrogens with zero attached hydrogens (tertiary/aromatic N) is 2. The van der Waals surface area contributed by atoms with Crippen molar-refractivity contribution in [1.29, 1.82) is 0 Å². The maximum Gasteiger partial charge on any atom is 0.220 e. The van der Waals surface area contributed by atoms with Crippen LogP contribution in [0.25, 0.3) is 10.6 Å². The molecule has 0 unspecified atom stereocenters. The summed E-state index contributed by atoms with van der Waals surface area (Å²) in [6.07, 6.45) is 2.75. The minimum absolute atomic E-state index is 0.00147. The molecule has 3 aromatic rings. The van der Waals surface area contributed by atoms with Crippen LogP contribution in [0.3, 0.4) is 0 Å². The van der Waals surface area contributed by atoms with Gasteiger partial charge >= 0.3 is 0 Å². The van der Waals surface area contributed by atoms with Crippen LogP contribution in [0, 0.1) is 0 Å². The van der Waals surface area contributed by atoms with Crippen LogP contribution in [0.1, 0.15) is 17.8 Å². The highest BCUT2D eigenvalue weighted by Crippen LogP contribution is 2.27. The standard InChI is InChI=1S/C19H19N3O2S/c1-24-17-7-4-5-14(11-17)19-22-16(13-25-19)8-9-18(23)21-12-15-6-2-3-10-20-15/h2-7,10-11,13H,8-9,12H2,1H3,(H,21,23). The van der Waals surface area contributed by atoms with Crippen molar-refractivity contribution < 1.29 is 9.53 Å². The summed E-state index contributed by atoms with van der Waals surface area (Å²) in [6.45, 7) is 0.450. The average molecular weight is 353 g/mol. The summed E-state index contributed by atoms with van der Waals surface area (Å²) in [5, 5.41) is 5.81. The SMILES string of the molecule is COc1cccc(-c2nc(CCC(=O)NCc3ccccn3)cs2)c1. The zero-order valence-electron chi connectivity index (χ0n) is 13.9. The molecule has 2 heterocycles. The van der Waals surface area contributed by atoms with E-state index in [2.05, 4.69) is 15.3 Å². The Kier molecular flexibility index (Phi) is 5.74. The number of thiazole rings is 1. The van der Waals surface area contributed by atoms with Crippen molar-refractivity contribution >= 4 is 17.2 Å². The van der Waals surface area contributed by atoms with E-state index in [1.54, 1.807) is 24.6 Å². The van der Waals surface area contributed by atoms with Gasteiger partial charge in [0.1, 0.15) is 10.8 Å². The van der Waals surface area contributed by atoms with Gasteiger partial charge in [-0.05, 0) is 30.7 Å². The van der Waals surface area contributed by atoms with Gasteiger partial charge in [0.15, 0.2) is 0 Å². The van der Waals surface area contributed by atoms with E-state index >= 15 is 0 Å². The van der Waals surface area contributed by atoms with Gasteiger partial charge in [0, 0.05) is 23.6 Å². The second-order valence-electron chi connectivity index (χ2n) is 5.47. The largest absolute Gasteiger partial charge is 0.497 e. The van der Waals surface area contributed by atoms with Crippen molar-refractivity contribution in [3.63, 3.8) is 0 Å². The molecule has 0 atom stereocenters. The molecule has 0 saturated carbocycles. The van der Waals surface area contributed by atoms with Crippen LogP contribution in [0.2, 0.25) is 0 Å². The molecule has 0 aliphatic heterocycles. The molecule has 1 N–H and O–H groups in total. The van der Waals surface area contributed by atoms with Crippen LogP contribution >= 0.6 is 11.3 Å². The predicted octanol–water partition coefficient (Wildman–Crippen LogP) is 3.46. The van der Waals surface area contributed by atoms with Crippen molar-refractivity contribution in [3.8, 4) is 16.3 Å². The number of hydrogen-bond donors (Lipinski definition) is 1. The van der Waals surface area contributed by atoms with Crippen molar-refractivity contribution in [1.82, 2.24) is 15.3 Å². The first kappa shape index (κ1) is 17.1. The first-order valence-electron chi connectivity index (χ1n) is 8.00. The molecule has 0 spiro atoms. The molecule has 0 aliphatic rings. The number of nitrogens with one attached hydrogen (secondary N) is 1. The van der Waals surface area contributed by atoms with Crippen LogP contribution in [0.5, 0.6) is 5.75 Å². The third-order valence-corrected chi connectivity index (χ3v) is 4.61. The number of aryl methyl sites for hydroxylation is 1. The fourth-order valence-corrected chi connectivity index (χ4v) is 3.18. The molecule has 0 fully saturated rings. The number of carbonyl (C=O) groups is 1. The Morgan fingerprint density at radius 1 is 1.20 bits per heavy atom. The first-order chi connectivity index (χ1) is 12.2. The van der Waals surface area contributed by atoms with E-state index in [0.717, 1.165) is 27.7 Å². The molecule has 1 amide bonds. The van der Waals surface area contributed by atoms with E-state index in [1.165, 1.54) is 0 Å². The Morgan fingerprint density at radius 2 is 2.12 bits per heavy atom. The Balaban J connectivity index is 1.52. The minimum Gasteiger partial charge on any atom is -0.497 e. The van der Waals surface area contributed by atoms with Gasteiger partial charge in [0.05, 0.1) is 25.0 Å². The Bertz CT molecular complexity index is 833. The van der Waals surface area contributed by atoms with Crippen LogP contribution in [-0.2, 0) is 17.8 Å². The molecule has 128 valence electrons. The number of methoxy groups -OCH3 is 1. The number of rotatable bonds is 7. The Hall–Kier alpha value is -2.73. The second kappa shape index (κ2) is 8.39. The highest BCUT2D eigenvalue weighted by molar-refractivity contribution is 7.13. The summed E-state index contributed by atoms with van der Waals surface area (Å²) in [6, 6.07) is 13.5. The molecule has 1 aromatic carbocycles. The smallest absolute Gasteiger partial charge is 0.220 e. The van der Waals surface area contributed by atoms with Crippen molar-refractivity contribution in [2.45, 2.75) is 19.4 Å². The van der Waals surface area contributed by atoms with Crippen LogP contribution in [-0.4, -0.2) is 23.0 Å². The predicted molar refractivity (Wildman–Crippen MR) is 98.5 cm³/mol. The van der Waals surface area contributed by atoms with E-state index in [4.69, 9.17) is 4.74 Å². The molecular formula is C19H19N3O2S. The number of amides is 1. The molecule has 0 aliphatic carbocycles. The zero-order chi connectivity index (χ0) is 17.5. The van der Waals surface area contributed by atoms with Crippen molar-refractivity contribution in [3.05, 3.63) is 65.4 Å². The maximum atomic E-state index is 12.0. The fraction of sp³-hybridized carbons (Fsp3) is 0.211. The van der Waals surface area contributed by atoms with E-state index in [0.29, 0.717) is 19.4 Å². The summed E-state index contributed by atoms with van der Waals surface area (Å²) < 4.78 is 5.24. The summed E-state index contributed by atoms with van der Waals surface area (Å²) in [5.41, 5.74) is 2.80. The first-order valence-corrected chi connectivity index (χ1v) is 8.88. The van der Waals surface area contributed by atoms with Gasteiger partial charge in [-0.3, -0.25) is 9.78 Å². The lowest BCUT2D eigenvalue weighted by atomic mass is 10.2. The number of benzene rings is 1. The van der Waals surface area contributed by atoms with E-state index in [1.807, 2.05) is 47.8 Å². The van der Waals surface area contributed by atoms with Gasteiger partial charge in [-0.25, -0.2) is 4.98 Å². The van der Waals surface area contributed by atoms with Crippen LogP contribution in [0.15, 0.2) is 54.0 Å². The second-order valence-corrected chi connectivity index (χ2v) is 6.33. The number of aromatic nitrogens is 2. The lowest BCUT2D eigenvalue weighted by Gasteiger charge is -2.04. The molecule has 2 aromatic heterocycles.